The van der Waals surface area contributed by atoms with Gasteiger partial charge in [-0.2, -0.15) is 4.98 Å². The molecule has 7 heteroatoms. The Hall–Kier alpha value is -3.58. The Balaban J connectivity index is 1.42. The van der Waals surface area contributed by atoms with Crippen molar-refractivity contribution >= 4 is 28.1 Å². The Morgan fingerprint density at radius 3 is 2.55 bits per heavy atom. The smallest absolute Gasteiger partial charge is 0.249 e. The first-order valence-electron chi connectivity index (χ1n) is 9.25. The summed E-state index contributed by atoms with van der Waals surface area (Å²) in [7, 11) is 0. The lowest BCUT2D eigenvalue weighted by Crippen LogP contribution is -1.99. The summed E-state index contributed by atoms with van der Waals surface area (Å²) in [4.78, 5) is 5.40. The molecule has 29 heavy (non-hydrogen) atoms. The molecule has 6 nitrogen and oxygen atoms in total. The van der Waals surface area contributed by atoms with Gasteiger partial charge in [-0.15, -0.1) is 26.6 Å². The highest BCUT2D eigenvalue weighted by Crippen LogP contribution is 2.29. The van der Waals surface area contributed by atoms with Crippen LogP contribution in [-0.4, -0.2) is 24.8 Å². The van der Waals surface area contributed by atoms with Crippen molar-refractivity contribution < 1.29 is 0 Å². The zero-order valence-corrected chi connectivity index (χ0v) is 16.8. The number of nitrogens with one attached hydrogen (secondary N) is 1. The van der Waals surface area contributed by atoms with Crippen LogP contribution in [0.15, 0.2) is 66.0 Å². The van der Waals surface area contributed by atoms with Crippen LogP contribution in [0.3, 0.4) is 0 Å². The van der Waals surface area contributed by atoms with E-state index in [2.05, 4.69) is 63.0 Å². The molecule has 0 unspecified atom stereocenters. The van der Waals surface area contributed by atoms with Crippen molar-refractivity contribution in [3.05, 3.63) is 77.2 Å². The molecule has 5 aromatic rings. The number of anilines is 2. The number of thiazole rings is 1. The van der Waals surface area contributed by atoms with Gasteiger partial charge >= 0.3 is 0 Å². The van der Waals surface area contributed by atoms with Gasteiger partial charge in [-0.05, 0) is 31.5 Å². The summed E-state index contributed by atoms with van der Waals surface area (Å²) < 4.78 is 1.87. The van der Waals surface area contributed by atoms with Gasteiger partial charge in [-0.25, -0.2) is 4.52 Å². The number of nitrogens with zero attached hydrogens (tertiary/aromatic N) is 5. The standard InChI is InChI=1S/C22H18N6S/c1-14-8-9-17(15(2)12-14)19-13-29-22-24-21(27-28(19)22)23-20-11-10-18(25-26-20)16-6-4-3-5-7-16/h3-13H,1-2H3,(H,23,26,27). The lowest BCUT2D eigenvalue weighted by Gasteiger charge is -2.05. The normalized spacial score (nSPS) is 11.1. The van der Waals surface area contributed by atoms with E-state index in [1.807, 2.05) is 47.0 Å². The molecule has 5 rings (SSSR count). The van der Waals surface area contributed by atoms with Gasteiger partial charge in [0.15, 0.2) is 5.82 Å². The van der Waals surface area contributed by atoms with Crippen LogP contribution in [0, 0.1) is 13.8 Å². The summed E-state index contributed by atoms with van der Waals surface area (Å²) in [5.74, 6) is 1.11. The number of hydrogen-bond acceptors (Lipinski definition) is 6. The first-order chi connectivity index (χ1) is 14.2. The zero-order chi connectivity index (χ0) is 19.8. The molecule has 0 aliphatic rings. The van der Waals surface area contributed by atoms with Crippen molar-refractivity contribution in [1.29, 1.82) is 0 Å². The number of aromatic nitrogens is 5. The van der Waals surface area contributed by atoms with Gasteiger partial charge in [0.2, 0.25) is 10.9 Å². The molecular formula is C22H18N6S. The van der Waals surface area contributed by atoms with Crippen molar-refractivity contribution in [1.82, 2.24) is 24.8 Å². The average molecular weight is 398 g/mol. The van der Waals surface area contributed by atoms with Gasteiger partial charge in [0, 0.05) is 16.5 Å². The third kappa shape index (κ3) is 3.36. The number of fused-ring (bicyclic) bond motifs is 1. The Kier molecular flexibility index (Phi) is 4.29. The molecule has 0 atom stereocenters. The maximum atomic E-state index is 4.63. The van der Waals surface area contributed by atoms with E-state index >= 15 is 0 Å². The fourth-order valence-corrected chi connectivity index (χ4v) is 4.12. The Morgan fingerprint density at radius 1 is 0.931 bits per heavy atom. The molecule has 0 amide bonds. The van der Waals surface area contributed by atoms with E-state index in [4.69, 9.17) is 0 Å². The SMILES string of the molecule is Cc1ccc(-c2csc3nc(Nc4ccc(-c5ccccc5)nn4)nn23)c(C)c1. The molecule has 3 heterocycles. The molecule has 142 valence electrons. The van der Waals surface area contributed by atoms with Gasteiger partial charge in [-0.3, -0.25) is 0 Å². The Bertz CT molecular complexity index is 1290. The number of hydrogen-bond donors (Lipinski definition) is 1. The first kappa shape index (κ1) is 17.5. The summed E-state index contributed by atoms with van der Waals surface area (Å²) in [6.07, 6.45) is 0. The van der Waals surface area contributed by atoms with Crippen LogP contribution in [0.5, 0.6) is 0 Å². The second-order valence-corrected chi connectivity index (χ2v) is 7.70. The van der Waals surface area contributed by atoms with Gasteiger partial charge in [0.1, 0.15) is 0 Å². The molecule has 0 aliphatic carbocycles. The van der Waals surface area contributed by atoms with Crippen molar-refractivity contribution in [2.24, 2.45) is 0 Å². The first-order valence-corrected chi connectivity index (χ1v) is 10.1. The van der Waals surface area contributed by atoms with Crippen molar-refractivity contribution in [3.8, 4) is 22.5 Å². The highest BCUT2D eigenvalue weighted by Gasteiger charge is 2.14. The predicted molar refractivity (Wildman–Crippen MR) is 117 cm³/mol. The second kappa shape index (κ2) is 7.10. The average Bonchev–Trinajstić information content (AvgIpc) is 3.30. The van der Waals surface area contributed by atoms with Gasteiger partial charge in [0.05, 0.1) is 11.4 Å². The minimum Gasteiger partial charge on any atom is -0.306 e. The van der Waals surface area contributed by atoms with E-state index in [1.165, 1.54) is 11.1 Å². The monoisotopic (exact) mass is 398 g/mol. The van der Waals surface area contributed by atoms with Crippen molar-refractivity contribution in [2.45, 2.75) is 13.8 Å². The van der Waals surface area contributed by atoms with E-state index in [9.17, 15) is 0 Å². The van der Waals surface area contributed by atoms with Crippen LogP contribution in [0.25, 0.3) is 27.5 Å². The van der Waals surface area contributed by atoms with Gasteiger partial charge in [-0.1, -0.05) is 54.1 Å². The highest BCUT2D eigenvalue weighted by molar-refractivity contribution is 7.15. The van der Waals surface area contributed by atoms with Crippen LogP contribution in [0.4, 0.5) is 11.8 Å². The minimum atomic E-state index is 0.504. The van der Waals surface area contributed by atoms with Crippen LogP contribution in [0.1, 0.15) is 11.1 Å². The van der Waals surface area contributed by atoms with Crippen molar-refractivity contribution in [3.63, 3.8) is 0 Å². The molecule has 0 radical (unpaired) electrons. The molecule has 0 saturated carbocycles. The lowest BCUT2D eigenvalue weighted by atomic mass is 10.0. The summed E-state index contributed by atoms with van der Waals surface area (Å²) >= 11 is 1.57. The van der Waals surface area contributed by atoms with E-state index in [0.29, 0.717) is 11.8 Å². The van der Waals surface area contributed by atoms with Crippen LogP contribution < -0.4 is 5.32 Å². The topological polar surface area (TPSA) is 68.0 Å². The van der Waals surface area contributed by atoms with Crippen LogP contribution in [0.2, 0.25) is 0 Å². The van der Waals surface area contributed by atoms with E-state index in [1.54, 1.807) is 11.3 Å². The van der Waals surface area contributed by atoms with Crippen molar-refractivity contribution in [2.75, 3.05) is 5.32 Å². The van der Waals surface area contributed by atoms with E-state index < -0.39 is 0 Å². The molecule has 1 N–H and O–H groups in total. The fourth-order valence-electron chi connectivity index (χ4n) is 3.30. The third-order valence-corrected chi connectivity index (χ3v) is 5.53. The minimum absolute atomic E-state index is 0.504. The lowest BCUT2D eigenvalue weighted by molar-refractivity contribution is 0.978. The third-order valence-electron chi connectivity index (χ3n) is 4.71. The highest BCUT2D eigenvalue weighted by atomic mass is 32.1. The molecule has 0 aliphatic heterocycles. The largest absolute Gasteiger partial charge is 0.306 e. The number of benzene rings is 2. The molecule has 2 aromatic carbocycles. The maximum Gasteiger partial charge on any atom is 0.249 e. The van der Waals surface area contributed by atoms with E-state index in [0.717, 1.165) is 27.5 Å². The fraction of sp³-hybridized carbons (Fsp3) is 0.0909. The maximum absolute atomic E-state index is 4.63. The molecule has 0 spiro atoms. The Labute approximate surface area is 171 Å². The molecule has 0 bridgehead atoms. The number of rotatable bonds is 4. The summed E-state index contributed by atoms with van der Waals surface area (Å²) in [6, 6.07) is 20.2. The van der Waals surface area contributed by atoms with Gasteiger partial charge in [0.25, 0.3) is 0 Å². The number of aryl methyl sites for hydroxylation is 2. The predicted octanol–water partition coefficient (Wildman–Crippen LogP) is 5.28. The summed E-state index contributed by atoms with van der Waals surface area (Å²) in [5.41, 5.74) is 6.52. The van der Waals surface area contributed by atoms with Crippen LogP contribution in [-0.2, 0) is 0 Å². The molecule has 0 saturated heterocycles. The summed E-state index contributed by atoms with van der Waals surface area (Å²) in [6.45, 7) is 4.22. The second-order valence-electron chi connectivity index (χ2n) is 6.86. The molecule has 0 fully saturated rings. The van der Waals surface area contributed by atoms with Crippen LogP contribution >= 0.6 is 11.3 Å². The molecular weight excluding hydrogens is 380 g/mol. The van der Waals surface area contributed by atoms with E-state index in [-0.39, 0.29) is 0 Å². The summed E-state index contributed by atoms with van der Waals surface area (Å²) in [5, 5.41) is 18.4. The Morgan fingerprint density at radius 2 is 1.79 bits per heavy atom. The van der Waals surface area contributed by atoms with Gasteiger partial charge < -0.3 is 5.32 Å². The zero-order valence-electron chi connectivity index (χ0n) is 16.0. The quantitative estimate of drug-likeness (QED) is 0.446. The molecule has 3 aromatic heterocycles.